The molecule has 0 spiro atoms. The van der Waals surface area contributed by atoms with Gasteiger partial charge in [0, 0.05) is 18.8 Å². The summed E-state index contributed by atoms with van der Waals surface area (Å²) in [5.41, 5.74) is 4.39. The van der Waals surface area contributed by atoms with Crippen molar-refractivity contribution in [3.8, 4) is 0 Å². The van der Waals surface area contributed by atoms with Crippen molar-refractivity contribution in [1.29, 1.82) is 0 Å². The highest BCUT2D eigenvalue weighted by Gasteiger charge is 2.20. The predicted molar refractivity (Wildman–Crippen MR) is 93.9 cm³/mol. The van der Waals surface area contributed by atoms with Crippen molar-refractivity contribution in [2.45, 2.75) is 19.9 Å². The van der Waals surface area contributed by atoms with Crippen molar-refractivity contribution < 1.29 is 4.79 Å². The lowest BCUT2D eigenvalue weighted by Crippen LogP contribution is -2.38. The van der Waals surface area contributed by atoms with E-state index in [2.05, 4.69) is 28.5 Å². The Balaban J connectivity index is 1.51. The summed E-state index contributed by atoms with van der Waals surface area (Å²) in [5, 5.41) is 4.05. The summed E-state index contributed by atoms with van der Waals surface area (Å²) in [6, 6.07) is 14.2. The molecule has 3 aromatic rings. The number of carbonyl (C=O) groups is 1. The third kappa shape index (κ3) is 2.80. The number of carbonyl (C=O) groups excluding carboxylic acids is 1. The number of hydrogen-bond donors (Lipinski definition) is 1. The Bertz CT molecular complexity index is 887. The van der Waals surface area contributed by atoms with Crippen LogP contribution in [-0.4, -0.2) is 22.5 Å². The van der Waals surface area contributed by atoms with Crippen molar-refractivity contribution in [3.63, 3.8) is 0 Å². The van der Waals surface area contributed by atoms with Crippen LogP contribution in [0.15, 0.2) is 42.5 Å². The highest BCUT2D eigenvalue weighted by atomic mass is 32.1. The molecule has 0 fully saturated rings. The number of thiazole rings is 1. The van der Waals surface area contributed by atoms with E-state index >= 15 is 0 Å². The van der Waals surface area contributed by atoms with Crippen LogP contribution in [0.5, 0.6) is 0 Å². The fourth-order valence-corrected chi connectivity index (χ4v) is 3.86. The molecule has 2 aromatic carbocycles. The van der Waals surface area contributed by atoms with E-state index in [0.29, 0.717) is 6.54 Å². The third-order valence-electron chi connectivity index (χ3n) is 4.16. The number of benzene rings is 2. The number of fused-ring (bicyclic) bond motifs is 2. The van der Waals surface area contributed by atoms with Crippen LogP contribution < -0.4 is 5.32 Å². The summed E-state index contributed by atoms with van der Waals surface area (Å²) in [6.07, 6.45) is 0.913. The van der Waals surface area contributed by atoms with E-state index in [1.165, 1.54) is 11.1 Å². The molecule has 0 radical (unpaired) electrons. The molecular formula is C18H17N3OS. The second kappa shape index (κ2) is 5.66. The average molecular weight is 323 g/mol. The first-order valence-electron chi connectivity index (χ1n) is 7.69. The summed E-state index contributed by atoms with van der Waals surface area (Å²) >= 11 is 1.64. The smallest absolute Gasteiger partial charge is 0.320 e. The van der Waals surface area contributed by atoms with Gasteiger partial charge in [-0.3, -0.25) is 0 Å². The zero-order valence-corrected chi connectivity index (χ0v) is 13.7. The summed E-state index contributed by atoms with van der Waals surface area (Å²) < 4.78 is 1.10. The fourth-order valence-electron chi connectivity index (χ4n) is 2.99. The van der Waals surface area contributed by atoms with E-state index in [9.17, 15) is 4.79 Å². The third-order valence-corrected chi connectivity index (χ3v) is 5.10. The largest absolute Gasteiger partial charge is 0.322 e. The molecule has 23 heavy (non-hydrogen) atoms. The van der Waals surface area contributed by atoms with Crippen LogP contribution in [0.2, 0.25) is 0 Å². The molecule has 0 saturated carbocycles. The molecule has 4 nitrogen and oxygen atoms in total. The van der Waals surface area contributed by atoms with Gasteiger partial charge in [0.15, 0.2) is 0 Å². The Hall–Kier alpha value is -2.40. The molecule has 2 amide bonds. The molecule has 1 aliphatic rings. The van der Waals surface area contributed by atoms with Gasteiger partial charge in [0.05, 0.1) is 15.2 Å². The van der Waals surface area contributed by atoms with Crippen LogP contribution in [0.4, 0.5) is 10.5 Å². The number of nitrogens with zero attached hydrogens (tertiary/aromatic N) is 2. The Morgan fingerprint density at radius 1 is 1.22 bits per heavy atom. The minimum absolute atomic E-state index is 0.0416. The van der Waals surface area contributed by atoms with Crippen molar-refractivity contribution in [2.75, 3.05) is 11.9 Å². The van der Waals surface area contributed by atoms with Gasteiger partial charge in [0.25, 0.3) is 0 Å². The van der Waals surface area contributed by atoms with Gasteiger partial charge in [-0.15, -0.1) is 11.3 Å². The minimum atomic E-state index is -0.0416. The van der Waals surface area contributed by atoms with Crippen molar-refractivity contribution in [1.82, 2.24) is 9.88 Å². The molecule has 0 aliphatic carbocycles. The number of aromatic nitrogens is 1. The van der Waals surface area contributed by atoms with Crippen LogP contribution in [0.3, 0.4) is 0 Å². The zero-order chi connectivity index (χ0) is 15.8. The number of urea groups is 1. The van der Waals surface area contributed by atoms with Crippen LogP contribution in [-0.2, 0) is 13.0 Å². The van der Waals surface area contributed by atoms with Gasteiger partial charge in [-0.25, -0.2) is 9.78 Å². The number of rotatable bonds is 1. The lowest BCUT2D eigenvalue weighted by molar-refractivity contribution is 0.206. The number of anilines is 1. The molecule has 1 aromatic heterocycles. The van der Waals surface area contributed by atoms with Gasteiger partial charge in [-0.2, -0.15) is 0 Å². The molecule has 0 atom stereocenters. The number of amides is 2. The Morgan fingerprint density at radius 3 is 2.91 bits per heavy atom. The normalized spacial score (nSPS) is 13.9. The summed E-state index contributed by atoms with van der Waals surface area (Å²) in [5.74, 6) is 0. The SMILES string of the molecule is Cc1nc2ccc(NC(=O)N3CCc4ccccc4C3)cc2s1. The van der Waals surface area contributed by atoms with Gasteiger partial charge < -0.3 is 10.2 Å². The second-order valence-corrected chi connectivity index (χ2v) is 7.02. The number of aryl methyl sites for hydroxylation is 1. The van der Waals surface area contributed by atoms with E-state index in [0.717, 1.165) is 33.9 Å². The van der Waals surface area contributed by atoms with Crippen LogP contribution in [0.1, 0.15) is 16.1 Å². The van der Waals surface area contributed by atoms with E-state index in [1.54, 1.807) is 11.3 Å². The molecule has 0 bridgehead atoms. The molecule has 5 heteroatoms. The summed E-state index contributed by atoms with van der Waals surface area (Å²) in [6.45, 7) is 3.42. The molecule has 1 N–H and O–H groups in total. The monoisotopic (exact) mass is 323 g/mol. The first kappa shape index (κ1) is 14.2. The van der Waals surface area contributed by atoms with E-state index < -0.39 is 0 Å². The molecule has 4 rings (SSSR count). The van der Waals surface area contributed by atoms with Gasteiger partial charge in [0.1, 0.15) is 0 Å². The van der Waals surface area contributed by atoms with Gasteiger partial charge >= 0.3 is 6.03 Å². The van der Waals surface area contributed by atoms with Crippen LogP contribution in [0, 0.1) is 6.92 Å². The van der Waals surface area contributed by atoms with Crippen LogP contribution >= 0.6 is 11.3 Å². The topological polar surface area (TPSA) is 45.2 Å². The van der Waals surface area contributed by atoms with E-state index in [4.69, 9.17) is 0 Å². The Kier molecular flexibility index (Phi) is 3.50. The Morgan fingerprint density at radius 2 is 2.04 bits per heavy atom. The van der Waals surface area contributed by atoms with E-state index in [-0.39, 0.29) is 6.03 Å². The van der Waals surface area contributed by atoms with E-state index in [1.807, 2.05) is 36.1 Å². The molecular weight excluding hydrogens is 306 g/mol. The van der Waals surface area contributed by atoms with Gasteiger partial charge in [0.2, 0.25) is 0 Å². The minimum Gasteiger partial charge on any atom is -0.320 e. The lowest BCUT2D eigenvalue weighted by Gasteiger charge is -2.28. The maximum Gasteiger partial charge on any atom is 0.322 e. The highest BCUT2D eigenvalue weighted by Crippen LogP contribution is 2.25. The standard InChI is InChI=1S/C18H17N3OS/c1-12-19-16-7-6-15(10-17(16)23-12)20-18(22)21-9-8-13-4-2-3-5-14(13)11-21/h2-7,10H,8-9,11H2,1H3,(H,20,22). The van der Waals surface area contributed by atoms with Crippen LogP contribution in [0.25, 0.3) is 10.2 Å². The number of nitrogens with one attached hydrogen (secondary N) is 1. The number of hydrogen-bond acceptors (Lipinski definition) is 3. The first-order valence-corrected chi connectivity index (χ1v) is 8.50. The van der Waals surface area contributed by atoms with Gasteiger partial charge in [-0.05, 0) is 42.7 Å². The van der Waals surface area contributed by atoms with Crippen molar-refractivity contribution >= 4 is 33.3 Å². The van der Waals surface area contributed by atoms with Gasteiger partial charge in [-0.1, -0.05) is 24.3 Å². The predicted octanol–water partition coefficient (Wildman–Crippen LogP) is 4.19. The summed E-state index contributed by atoms with van der Waals surface area (Å²) in [4.78, 5) is 18.8. The molecule has 2 heterocycles. The molecule has 0 saturated heterocycles. The lowest BCUT2D eigenvalue weighted by atomic mass is 10.0. The maximum absolute atomic E-state index is 12.5. The van der Waals surface area contributed by atoms with Crippen molar-refractivity contribution in [3.05, 3.63) is 58.6 Å². The maximum atomic E-state index is 12.5. The Labute approximate surface area is 138 Å². The molecule has 0 unspecified atom stereocenters. The van der Waals surface area contributed by atoms with Crippen molar-refractivity contribution in [2.24, 2.45) is 0 Å². The molecule has 1 aliphatic heterocycles. The quantitative estimate of drug-likeness (QED) is 0.729. The summed E-state index contributed by atoms with van der Waals surface area (Å²) in [7, 11) is 0. The highest BCUT2D eigenvalue weighted by molar-refractivity contribution is 7.18. The average Bonchev–Trinajstić information content (AvgIpc) is 2.93. The fraction of sp³-hybridized carbons (Fsp3) is 0.222. The molecule has 116 valence electrons. The second-order valence-electron chi connectivity index (χ2n) is 5.79. The zero-order valence-electron chi connectivity index (χ0n) is 12.9. The first-order chi connectivity index (χ1) is 11.2.